The van der Waals surface area contributed by atoms with E-state index in [1.807, 2.05) is 62.1 Å². The van der Waals surface area contributed by atoms with E-state index in [9.17, 15) is 9.59 Å². The Hall–Kier alpha value is -2.73. The molecule has 6 heteroatoms. The van der Waals surface area contributed by atoms with Crippen LogP contribution in [0.2, 0.25) is 0 Å². The maximum Gasteiger partial charge on any atom is 0.270 e. The molecule has 2 aromatic rings. The maximum absolute atomic E-state index is 12.9. The summed E-state index contributed by atoms with van der Waals surface area (Å²) in [6.45, 7) is 3.97. The second-order valence-corrected chi connectivity index (χ2v) is 6.22. The molecule has 1 aliphatic heterocycles. The molecule has 1 aromatic carbocycles. The van der Waals surface area contributed by atoms with Gasteiger partial charge in [0.05, 0.1) is 5.69 Å². The molecule has 0 radical (unpaired) electrons. The van der Waals surface area contributed by atoms with Gasteiger partial charge in [0.25, 0.3) is 11.8 Å². The van der Waals surface area contributed by atoms with E-state index in [1.165, 1.54) is 4.90 Å². The van der Waals surface area contributed by atoms with Gasteiger partial charge in [-0.1, -0.05) is 6.07 Å². The van der Waals surface area contributed by atoms with Crippen LogP contribution in [0, 0.1) is 13.8 Å². The van der Waals surface area contributed by atoms with E-state index in [0.29, 0.717) is 5.69 Å². The molecule has 2 amide bonds. The summed E-state index contributed by atoms with van der Waals surface area (Å²) in [5, 5.41) is 2.69. The highest BCUT2D eigenvalue weighted by Gasteiger charge is 2.34. The molecular formula is C18H17N3O2S. The van der Waals surface area contributed by atoms with Crippen molar-refractivity contribution in [1.29, 1.82) is 0 Å². The molecule has 0 spiro atoms. The second-order valence-electron chi connectivity index (χ2n) is 5.84. The number of nitrogens with zero attached hydrogens (tertiary/aromatic N) is 2. The van der Waals surface area contributed by atoms with E-state index in [1.54, 1.807) is 6.08 Å². The fourth-order valence-corrected chi connectivity index (χ4v) is 2.81. The normalized spacial score (nSPS) is 16.7. The summed E-state index contributed by atoms with van der Waals surface area (Å²) in [7, 11) is 1.88. The van der Waals surface area contributed by atoms with Gasteiger partial charge in [0.15, 0.2) is 5.11 Å². The topological polar surface area (TPSA) is 54.3 Å². The second kappa shape index (κ2) is 6.05. The number of hydrogen-bond acceptors (Lipinski definition) is 3. The zero-order valence-corrected chi connectivity index (χ0v) is 14.5. The first kappa shape index (κ1) is 16.1. The lowest BCUT2D eigenvalue weighted by atomic mass is 10.1. The number of carbonyl (C=O) groups excluding carboxylic acids is 2. The van der Waals surface area contributed by atoms with Crippen LogP contribution in [0.15, 0.2) is 42.2 Å². The van der Waals surface area contributed by atoms with E-state index in [0.717, 1.165) is 16.7 Å². The average molecular weight is 339 g/mol. The van der Waals surface area contributed by atoms with Gasteiger partial charge in [-0.15, -0.1) is 0 Å². The quantitative estimate of drug-likeness (QED) is 0.519. The van der Waals surface area contributed by atoms with Crippen LogP contribution in [0.1, 0.15) is 16.7 Å². The Morgan fingerprint density at radius 3 is 2.50 bits per heavy atom. The molecule has 0 aliphatic carbocycles. The molecule has 0 atom stereocenters. The highest BCUT2D eigenvalue weighted by molar-refractivity contribution is 7.80. The lowest BCUT2D eigenvalue weighted by molar-refractivity contribution is -0.122. The zero-order valence-electron chi connectivity index (χ0n) is 13.7. The fraction of sp³-hybridized carbons (Fsp3) is 0.167. The molecule has 0 saturated carbocycles. The molecule has 122 valence electrons. The number of thiocarbonyl (C=S) groups is 1. The van der Waals surface area contributed by atoms with Gasteiger partial charge in [-0.3, -0.25) is 19.8 Å². The molecule has 3 rings (SSSR count). The van der Waals surface area contributed by atoms with Crippen molar-refractivity contribution in [2.45, 2.75) is 13.8 Å². The zero-order chi connectivity index (χ0) is 17.4. The van der Waals surface area contributed by atoms with Gasteiger partial charge in [-0.25, -0.2) is 0 Å². The largest absolute Gasteiger partial charge is 0.357 e. The lowest BCUT2D eigenvalue weighted by Gasteiger charge is -2.29. The number of aromatic nitrogens is 1. The molecule has 5 nitrogen and oxygen atoms in total. The van der Waals surface area contributed by atoms with Crippen molar-refractivity contribution >= 4 is 40.9 Å². The van der Waals surface area contributed by atoms with E-state index >= 15 is 0 Å². The fourth-order valence-electron chi connectivity index (χ4n) is 2.53. The number of rotatable bonds is 2. The summed E-state index contributed by atoms with van der Waals surface area (Å²) in [6.07, 6.45) is 5.26. The molecule has 1 saturated heterocycles. The van der Waals surface area contributed by atoms with Gasteiger partial charge >= 0.3 is 0 Å². The van der Waals surface area contributed by atoms with Crippen LogP contribution >= 0.6 is 12.2 Å². The Kier molecular flexibility index (Phi) is 4.07. The first-order valence-electron chi connectivity index (χ1n) is 7.47. The summed E-state index contributed by atoms with van der Waals surface area (Å²) in [4.78, 5) is 26.4. The number of anilines is 1. The van der Waals surface area contributed by atoms with Crippen LogP contribution in [-0.2, 0) is 16.6 Å². The van der Waals surface area contributed by atoms with Crippen LogP contribution < -0.4 is 10.2 Å². The standard InChI is InChI=1S/C18H17N3O2S/c1-11-4-5-14(8-12(11)2)21-17(23)15(16(22)19-18(21)24)9-13-6-7-20(3)10-13/h4-10H,1-3H3,(H,19,22,24)/b15-9-. The third-order valence-corrected chi connectivity index (χ3v) is 4.30. The van der Waals surface area contributed by atoms with Gasteiger partial charge in [0.1, 0.15) is 5.57 Å². The van der Waals surface area contributed by atoms with Gasteiger partial charge in [-0.05, 0) is 67.0 Å². The highest BCUT2D eigenvalue weighted by Crippen LogP contribution is 2.24. The number of amides is 2. The summed E-state index contributed by atoms with van der Waals surface area (Å²) in [6, 6.07) is 7.47. The molecule has 0 unspecified atom stereocenters. The molecule has 1 aromatic heterocycles. The Bertz CT molecular complexity index is 895. The minimum atomic E-state index is -0.478. The molecule has 1 aliphatic rings. The monoisotopic (exact) mass is 339 g/mol. The van der Waals surface area contributed by atoms with E-state index in [-0.39, 0.29) is 10.7 Å². The number of aryl methyl sites for hydroxylation is 3. The van der Waals surface area contributed by atoms with Crippen molar-refractivity contribution in [3.05, 3.63) is 58.9 Å². The van der Waals surface area contributed by atoms with Crippen molar-refractivity contribution in [3.63, 3.8) is 0 Å². The lowest BCUT2D eigenvalue weighted by Crippen LogP contribution is -2.54. The summed E-state index contributed by atoms with van der Waals surface area (Å²) >= 11 is 5.20. The number of hydrogen-bond donors (Lipinski definition) is 1. The van der Waals surface area contributed by atoms with Gasteiger partial charge in [0, 0.05) is 19.4 Å². The minimum Gasteiger partial charge on any atom is -0.357 e. The van der Waals surface area contributed by atoms with Gasteiger partial charge < -0.3 is 4.57 Å². The van der Waals surface area contributed by atoms with Crippen LogP contribution in [0.3, 0.4) is 0 Å². The first-order valence-corrected chi connectivity index (χ1v) is 7.88. The Morgan fingerprint density at radius 2 is 1.88 bits per heavy atom. The van der Waals surface area contributed by atoms with Crippen LogP contribution in [0.4, 0.5) is 5.69 Å². The van der Waals surface area contributed by atoms with E-state index < -0.39 is 11.8 Å². The first-order chi connectivity index (χ1) is 11.4. The predicted molar refractivity (Wildman–Crippen MR) is 97.5 cm³/mol. The van der Waals surface area contributed by atoms with Gasteiger partial charge in [0.2, 0.25) is 0 Å². The van der Waals surface area contributed by atoms with Gasteiger partial charge in [-0.2, -0.15) is 0 Å². The van der Waals surface area contributed by atoms with Crippen molar-refractivity contribution < 1.29 is 9.59 Å². The van der Waals surface area contributed by atoms with Crippen molar-refractivity contribution in [3.8, 4) is 0 Å². The predicted octanol–water partition coefficient (Wildman–Crippen LogP) is 2.47. The Labute approximate surface area is 145 Å². The van der Waals surface area contributed by atoms with Crippen LogP contribution in [0.5, 0.6) is 0 Å². The Morgan fingerprint density at radius 1 is 1.12 bits per heavy atom. The minimum absolute atomic E-state index is 0.0630. The van der Waals surface area contributed by atoms with Crippen LogP contribution in [-0.4, -0.2) is 21.5 Å². The Balaban J connectivity index is 2.02. The molecule has 1 N–H and O–H groups in total. The molecule has 24 heavy (non-hydrogen) atoms. The summed E-state index contributed by atoms with van der Waals surface area (Å²) in [5.74, 6) is -0.898. The maximum atomic E-state index is 12.9. The summed E-state index contributed by atoms with van der Waals surface area (Å²) in [5.41, 5.74) is 3.66. The van der Waals surface area contributed by atoms with Crippen molar-refractivity contribution in [2.75, 3.05) is 4.90 Å². The van der Waals surface area contributed by atoms with Crippen LogP contribution in [0.25, 0.3) is 6.08 Å². The number of nitrogens with one attached hydrogen (secondary N) is 1. The highest BCUT2D eigenvalue weighted by atomic mass is 32.1. The van der Waals surface area contributed by atoms with Crippen molar-refractivity contribution in [2.24, 2.45) is 7.05 Å². The number of benzene rings is 1. The number of carbonyl (C=O) groups is 2. The summed E-state index contributed by atoms with van der Waals surface area (Å²) < 4.78 is 1.85. The average Bonchev–Trinajstić information content (AvgIpc) is 2.92. The molecule has 0 bridgehead atoms. The van der Waals surface area contributed by atoms with E-state index in [2.05, 4.69) is 5.32 Å². The van der Waals surface area contributed by atoms with Crippen molar-refractivity contribution in [1.82, 2.24) is 9.88 Å². The van der Waals surface area contributed by atoms with E-state index in [4.69, 9.17) is 12.2 Å². The SMILES string of the molecule is Cc1ccc(N2C(=O)/C(=C\c3ccn(C)c3)C(=O)NC2=S)cc1C. The molecular weight excluding hydrogens is 322 g/mol. The third kappa shape index (κ3) is 2.88. The molecule has 1 fully saturated rings. The smallest absolute Gasteiger partial charge is 0.270 e. The molecule has 2 heterocycles. The third-order valence-electron chi connectivity index (χ3n) is 4.02.